The molecule has 1 heterocycles. The summed E-state index contributed by atoms with van der Waals surface area (Å²) in [5, 5.41) is 10.6. The SMILES string of the molecule is CSc1cc2c(cc1O)S(=O)(=O)N(COCC[Si](C)(C)C)[C@H](CCCC(F)(F)F)CN2C12CC(C1)C2. The summed E-state index contributed by atoms with van der Waals surface area (Å²) >= 11 is 1.33. The molecule has 0 radical (unpaired) electrons. The van der Waals surface area contributed by atoms with Gasteiger partial charge in [0.05, 0.1) is 10.6 Å². The van der Waals surface area contributed by atoms with E-state index in [1.54, 1.807) is 6.07 Å². The summed E-state index contributed by atoms with van der Waals surface area (Å²) in [5.41, 5.74) is 0.388. The lowest BCUT2D eigenvalue weighted by molar-refractivity contribution is -0.136. The third-order valence-corrected chi connectivity index (χ3v) is 12.1. The van der Waals surface area contributed by atoms with Crippen molar-refractivity contribution in [2.45, 2.75) is 91.8 Å². The summed E-state index contributed by atoms with van der Waals surface area (Å²) in [6.45, 7) is 7.09. The first kappa shape index (κ1) is 28.1. The Morgan fingerprint density at radius 3 is 2.42 bits per heavy atom. The average Bonchev–Trinajstić information content (AvgIpc) is 2.75. The van der Waals surface area contributed by atoms with Crippen LogP contribution in [0.5, 0.6) is 5.75 Å². The van der Waals surface area contributed by atoms with Gasteiger partial charge < -0.3 is 14.7 Å². The fourth-order valence-corrected chi connectivity index (χ4v) is 8.51. The first-order chi connectivity index (χ1) is 16.7. The molecule has 2 bridgehead atoms. The summed E-state index contributed by atoms with van der Waals surface area (Å²) < 4.78 is 74.1. The number of aromatic hydroxyl groups is 1. The van der Waals surface area contributed by atoms with Crippen LogP contribution in [0.15, 0.2) is 21.9 Å². The van der Waals surface area contributed by atoms with E-state index >= 15 is 0 Å². The van der Waals surface area contributed by atoms with Gasteiger partial charge in [-0.1, -0.05) is 19.6 Å². The molecule has 204 valence electrons. The number of alkyl halides is 3. The molecular formula is C24H37F3N2O4S2Si. The molecular weight excluding hydrogens is 529 g/mol. The van der Waals surface area contributed by atoms with Crippen LogP contribution in [0.4, 0.5) is 18.9 Å². The molecule has 1 aromatic rings. The number of rotatable bonds is 10. The van der Waals surface area contributed by atoms with Gasteiger partial charge in [-0.2, -0.15) is 17.5 Å². The third-order valence-electron chi connectivity index (χ3n) is 7.73. The van der Waals surface area contributed by atoms with Gasteiger partial charge in [0.2, 0.25) is 10.0 Å². The van der Waals surface area contributed by atoms with Gasteiger partial charge in [-0.3, -0.25) is 0 Å². The highest BCUT2D eigenvalue weighted by Crippen LogP contribution is 2.62. The van der Waals surface area contributed by atoms with E-state index in [1.165, 1.54) is 22.1 Å². The molecule has 1 N–H and O–H groups in total. The molecule has 6 nitrogen and oxygen atoms in total. The maximum Gasteiger partial charge on any atom is 0.389 e. The second-order valence-electron chi connectivity index (χ2n) is 11.7. The van der Waals surface area contributed by atoms with Crippen LogP contribution in [0.1, 0.15) is 38.5 Å². The molecule has 0 unspecified atom stereocenters. The van der Waals surface area contributed by atoms with Crippen LogP contribution in [0.25, 0.3) is 0 Å². The molecule has 12 heteroatoms. The zero-order valence-electron chi connectivity index (χ0n) is 21.4. The van der Waals surface area contributed by atoms with Gasteiger partial charge in [-0.25, -0.2) is 8.42 Å². The lowest BCUT2D eigenvalue weighted by atomic mass is 9.49. The monoisotopic (exact) mass is 566 g/mol. The van der Waals surface area contributed by atoms with Crippen molar-refractivity contribution in [3.63, 3.8) is 0 Å². The van der Waals surface area contributed by atoms with Gasteiger partial charge in [-0.05, 0) is 56.4 Å². The quantitative estimate of drug-likeness (QED) is 0.216. The van der Waals surface area contributed by atoms with Crippen molar-refractivity contribution in [3.05, 3.63) is 12.1 Å². The van der Waals surface area contributed by atoms with E-state index in [1.807, 2.05) is 6.26 Å². The van der Waals surface area contributed by atoms with Crippen molar-refractivity contribution in [2.75, 3.05) is 31.0 Å². The van der Waals surface area contributed by atoms with Crippen molar-refractivity contribution in [3.8, 4) is 5.75 Å². The van der Waals surface area contributed by atoms with Crippen LogP contribution in [0.2, 0.25) is 25.7 Å². The van der Waals surface area contributed by atoms with E-state index in [2.05, 4.69) is 24.5 Å². The van der Waals surface area contributed by atoms with Gasteiger partial charge in [0.1, 0.15) is 17.4 Å². The van der Waals surface area contributed by atoms with Crippen molar-refractivity contribution < 1.29 is 31.4 Å². The Labute approximate surface area is 217 Å². The number of sulfonamides is 1. The predicted molar refractivity (Wildman–Crippen MR) is 139 cm³/mol. The average molecular weight is 567 g/mol. The van der Waals surface area contributed by atoms with Crippen LogP contribution in [0.3, 0.4) is 0 Å². The topological polar surface area (TPSA) is 70.1 Å². The minimum absolute atomic E-state index is 0.00893. The van der Waals surface area contributed by atoms with Crippen molar-refractivity contribution in [1.29, 1.82) is 0 Å². The second kappa shape index (κ2) is 9.98. The molecule has 0 amide bonds. The van der Waals surface area contributed by atoms with Crippen LogP contribution < -0.4 is 4.90 Å². The Bertz CT molecular complexity index is 1060. The van der Waals surface area contributed by atoms with E-state index < -0.39 is 36.7 Å². The van der Waals surface area contributed by atoms with Gasteiger partial charge in [0, 0.05) is 45.3 Å². The molecule has 1 aliphatic heterocycles. The molecule has 0 aromatic heterocycles. The largest absolute Gasteiger partial charge is 0.507 e. The number of thioether (sulfide) groups is 1. The van der Waals surface area contributed by atoms with Crippen LogP contribution in [0, 0.1) is 5.92 Å². The molecule has 4 aliphatic rings. The number of phenolic OH excluding ortho intramolecular Hbond substituents is 1. The predicted octanol–water partition coefficient (Wildman–Crippen LogP) is 5.89. The Kier molecular flexibility index (Phi) is 7.78. The third kappa shape index (κ3) is 5.72. The standard InChI is InChI=1S/C24H37F3N2O4S2Si/c1-34-21-10-19-22(11-20(21)30)35(31,32)29(16-33-8-9-36(2,3)4)18(6-5-7-24(25,26)27)15-28(19)23-12-17(13-23)14-23/h10-11,17-18,30H,5-9,12-16H2,1-4H3/t17?,18-,23?/m1/s1. The van der Waals surface area contributed by atoms with Crippen LogP contribution in [-0.4, -0.2) is 69.8 Å². The molecule has 5 rings (SSSR count). The first-order valence-corrected chi connectivity index (χ1v) is 18.9. The van der Waals surface area contributed by atoms with Crippen molar-refractivity contribution in [2.24, 2.45) is 5.92 Å². The van der Waals surface area contributed by atoms with E-state index in [9.17, 15) is 26.7 Å². The van der Waals surface area contributed by atoms with Gasteiger partial charge in [0.15, 0.2) is 0 Å². The maximum absolute atomic E-state index is 14.0. The number of hydrogen-bond donors (Lipinski definition) is 1. The molecule has 0 spiro atoms. The summed E-state index contributed by atoms with van der Waals surface area (Å²) in [6, 6.07) is 3.23. The highest BCUT2D eigenvalue weighted by atomic mass is 32.2. The number of fused-ring (bicyclic) bond motifs is 1. The fourth-order valence-electron chi connectivity index (χ4n) is 5.54. The van der Waals surface area contributed by atoms with Gasteiger partial charge >= 0.3 is 6.18 Å². The highest BCUT2D eigenvalue weighted by Gasteiger charge is 2.61. The molecule has 1 atom stereocenters. The molecule has 3 aliphatic carbocycles. The second-order valence-corrected chi connectivity index (χ2v) is 20.0. The smallest absolute Gasteiger partial charge is 0.389 e. The Morgan fingerprint density at radius 1 is 1.22 bits per heavy atom. The van der Waals surface area contributed by atoms with E-state index in [0.29, 0.717) is 29.7 Å². The number of benzene rings is 1. The zero-order valence-corrected chi connectivity index (χ0v) is 24.0. The number of anilines is 1. The van der Waals surface area contributed by atoms with Crippen molar-refractivity contribution in [1.82, 2.24) is 4.31 Å². The summed E-state index contributed by atoms with van der Waals surface area (Å²) in [5.74, 6) is 0.521. The minimum atomic E-state index is -4.29. The molecule has 0 saturated heterocycles. The van der Waals surface area contributed by atoms with Gasteiger partial charge in [0.25, 0.3) is 0 Å². The zero-order chi connectivity index (χ0) is 26.5. The normalized spacial score (nSPS) is 27.7. The Balaban J connectivity index is 1.71. The molecule has 3 fully saturated rings. The first-order valence-electron chi connectivity index (χ1n) is 12.5. The lowest BCUT2D eigenvalue weighted by Crippen LogP contribution is -2.69. The number of phenols is 1. The van der Waals surface area contributed by atoms with E-state index in [0.717, 1.165) is 25.3 Å². The van der Waals surface area contributed by atoms with E-state index in [-0.39, 0.29) is 35.8 Å². The number of nitrogens with zero attached hydrogens (tertiary/aromatic N) is 2. The van der Waals surface area contributed by atoms with E-state index in [4.69, 9.17) is 4.74 Å². The fraction of sp³-hybridized carbons (Fsp3) is 0.750. The number of halogens is 3. The Hall–Kier alpha value is -0.953. The maximum atomic E-state index is 14.0. The highest BCUT2D eigenvalue weighted by molar-refractivity contribution is 7.98. The van der Waals surface area contributed by atoms with Crippen molar-refractivity contribution >= 4 is 35.5 Å². The van der Waals surface area contributed by atoms with Crippen LogP contribution >= 0.6 is 11.8 Å². The van der Waals surface area contributed by atoms with Gasteiger partial charge in [-0.15, -0.1) is 11.8 Å². The molecule has 1 aromatic carbocycles. The minimum Gasteiger partial charge on any atom is -0.507 e. The summed E-state index contributed by atoms with van der Waals surface area (Å²) in [7, 11) is -5.54. The Morgan fingerprint density at radius 2 is 1.89 bits per heavy atom. The summed E-state index contributed by atoms with van der Waals surface area (Å²) in [6.07, 6.45) is -0.616. The molecule has 3 saturated carbocycles. The van der Waals surface area contributed by atoms with Crippen LogP contribution in [-0.2, 0) is 14.8 Å². The number of hydrogen-bond acceptors (Lipinski definition) is 6. The molecule has 36 heavy (non-hydrogen) atoms. The summed E-state index contributed by atoms with van der Waals surface area (Å²) in [4.78, 5) is 2.71. The lowest BCUT2D eigenvalue weighted by Gasteiger charge is -2.67. The number of ether oxygens (including phenoxy) is 1.